The summed E-state index contributed by atoms with van der Waals surface area (Å²) in [4.78, 5) is 11.9. The Morgan fingerprint density at radius 1 is 1.37 bits per heavy atom. The standard InChI is InChI=1S/C13H22ClN3O2/c1-3-5-8-19-9-6-15-11-10-16-17(7-4-2)13(18)12(11)14/h10,15H,3-9H2,1-2H3. The molecule has 1 aromatic rings. The molecule has 0 bridgehead atoms. The van der Waals surface area contributed by atoms with Crippen LogP contribution in [0.15, 0.2) is 11.0 Å². The molecule has 5 nitrogen and oxygen atoms in total. The largest absolute Gasteiger partial charge is 0.380 e. The number of aromatic nitrogens is 2. The van der Waals surface area contributed by atoms with Crippen LogP contribution >= 0.6 is 11.6 Å². The Morgan fingerprint density at radius 3 is 2.84 bits per heavy atom. The van der Waals surface area contributed by atoms with E-state index >= 15 is 0 Å². The average Bonchev–Trinajstić information content (AvgIpc) is 2.41. The summed E-state index contributed by atoms with van der Waals surface area (Å²) < 4.78 is 6.80. The molecule has 1 heterocycles. The summed E-state index contributed by atoms with van der Waals surface area (Å²) in [6.45, 7) is 6.66. The van der Waals surface area contributed by atoms with Crippen molar-refractivity contribution in [3.63, 3.8) is 0 Å². The average molecular weight is 288 g/mol. The van der Waals surface area contributed by atoms with Gasteiger partial charge in [0.2, 0.25) is 0 Å². The number of hydrogen-bond donors (Lipinski definition) is 1. The summed E-state index contributed by atoms with van der Waals surface area (Å²) in [6.07, 6.45) is 4.63. The third kappa shape index (κ3) is 5.20. The van der Waals surface area contributed by atoms with Crippen molar-refractivity contribution in [3.8, 4) is 0 Å². The molecule has 1 rings (SSSR count). The highest BCUT2D eigenvalue weighted by Crippen LogP contribution is 2.14. The van der Waals surface area contributed by atoms with Crippen molar-refractivity contribution >= 4 is 17.3 Å². The summed E-state index contributed by atoms with van der Waals surface area (Å²) in [5.74, 6) is 0. The molecule has 0 aromatic carbocycles. The lowest BCUT2D eigenvalue weighted by atomic mass is 10.4. The van der Waals surface area contributed by atoms with E-state index in [1.54, 1.807) is 6.20 Å². The molecular weight excluding hydrogens is 266 g/mol. The number of anilines is 1. The molecule has 108 valence electrons. The van der Waals surface area contributed by atoms with Gasteiger partial charge in [-0.15, -0.1) is 0 Å². The quantitative estimate of drug-likeness (QED) is 0.709. The molecule has 0 fully saturated rings. The molecule has 0 aliphatic heterocycles. The highest BCUT2D eigenvalue weighted by atomic mass is 35.5. The number of ether oxygens (including phenoxy) is 1. The normalized spacial score (nSPS) is 10.7. The van der Waals surface area contributed by atoms with E-state index in [0.29, 0.717) is 25.4 Å². The Morgan fingerprint density at radius 2 is 2.16 bits per heavy atom. The van der Waals surface area contributed by atoms with Crippen molar-refractivity contribution < 1.29 is 4.74 Å². The highest BCUT2D eigenvalue weighted by Gasteiger charge is 2.08. The lowest BCUT2D eigenvalue weighted by Crippen LogP contribution is -2.24. The van der Waals surface area contributed by atoms with Crippen molar-refractivity contribution in [3.05, 3.63) is 21.6 Å². The minimum Gasteiger partial charge on any atom is -0.380 e. The predicted molar refractivity (Wildman–Crippen MR) is 78.0 cm³/mol. The SMILES string of the molecule is CCCCOCCNc1cnn(CCC)c(=O)c1Cl. The smallest absolute Gasteiger partial charge is 0.287 e. The monoisotopic (exact) mass is 287 g/mol. The van der Waals surface area contributed by atoms with Gasteiger partial charge in [0.05, 0.1) is 18.5 Å². The minimum atomic E-state index is -0.250. The molecule has 0 atom stereocenters. The molecular formula is C13H22ClN3O2. The zero-order chi connectivity index (χ0) is 14.1. The molecule has 0 unspecified atom stereocenters. The Bertz CT molecular complexity index is 434. The van der Waals surface area contributed by atoms with Gasteiger partial charge in [-0.3, -0.25) is 4.79 Å². The minimum absolute atomic E-state index is 0.192. The maximum Gasteiger partial charge on any atom is 0.287 e. The summed E-state index contributed by atoms with van der Waals surface area (Å²) in [7, 11) is 0. The number of aryl methyl sites for hydroxylation is 1. The third-order valence-electron chi connectivity index (χ3n) is 2.62. The number of nitrogens with zero attached hydrogens (tertiary/aromatic N) is 2. The van der Waals surface area contributed by atoms with Crippen LogP contribution in [0.4, 0.5) is 5.69 Å². The second-order valence-electron chi connectivity index (χ2n) is 4.29. The van der Waals surface area contributed by atoms with Gasteiger partial charge >= 0.3 is 0 Å². The van der Waals surface area contributed by atoms with Gasteiger partial charge in [0, 0.05) is 19.7 Å². The lowest BCUT2D eigenvalue weighted by Gasteiger charge is -2.10. The Kier molecular flexibility index (Phi) is 7.52. The molecule has 0 amide bonds. The van der Waals surface area contributed by atoms with Gasteiger partial charge in [-0.25, -0.2) is 4.68 Å². The fraction of sp³-hybridized carbons (Fsp3) is 0.692. The lowest BCUT2D eigenvalue weighted by molar-refractivity contribution is 0.141. The molecule has 6 heteroatoms. The molecule has 0 aliphatic rings. The molecule has 19 heavy (non-hydrogen) atoms. The third-order valence-corrected chi connectivity index (χ3v) is 2.99. The first kappa shape index (κ1) is 16.0. The molecule has 0 saturated carbocycles. The second-order valence-corrected chi connectivity index (χ2v) is 4.67. The van der Waals surface area contributed by atoms with Crippen LogP contribution in [-0.4, -0.2) is 29.5 Å². The van der Waals surface area contributed by atoms with Gasteiger partial charge in [0.25, 0.3) is 5.56 Å². The van der Waals surface area contributed by atoms with Gasteiger partial charge in [-0.05, 0) is 12.8 Å². The predicted octanol–water partition coefficient (Wildman–Crippen LogP) is 2.54. The van der Waals surface area contributed by atoms with E-state index < -0.39 is 0 Å². The number of hydrogen-bond acceptors (Lipinski definition) is 4. The first-order valence-electron chi connectivity index (χ1n) is 6.77. The Balaban J connectivity index is 2.46. The molecule has 0 saturated heterocycles. The first-order chi connectivity index (χ1) is 9.20. The zero-order valence-corrected chi connectivity index (χ0v) is 12.4. The van der Waals surface area contributed by atoms with E-state index in [1.165, 1.54) is 4.68 Å². The van der Waals surface area contributed by atoms with E-state index in [9.17, 15) is 4.79 Å². The van der Waals surface area contributed by atoms with E-state index in [1.807, 2.05) is 6.92 Å². The van der Waals surface area contributed by atoms with E-state index in [-0.39, 0.29) is 10.6 Å². The van der Waals surface area contributed by atoms with Crippen molar-refractivity contribution in [1.82, 2.24) is 9.78 Å². The maximum absolute atomic E-state index is 11.9. The summed E-state index contributed by atoms with van der Waals surface area (Å²) in [5, 5.41) is 7.33. The summed E-state index contributed by atoms with van der Waals surface area (Å²) in [6, 6.07) is 0. The van der Waals surface area contributed by atoms with Crippen LogP contribution in [0.5, 0.6) is 0 Å². The molecule has 0 radical (unpaired) electrons. The molecule has 0 spiro atoms. The second kappa shape index (κ2) is 8.93. The van der Waals surface area contributed by atoms with Crippen LogP contribution < -0.4 is 10.9 Å². The van der Waals surface area contributed by atoms with Gasteiger partial charge in [-0.1, -0.05) is 31.9 Å². The van der Waals surface area contributed by atoms with Crippen molar-refractivity contribution in [1.29, 1.82) is 0 Å². The van der Waals surface area contributed by atoms with Crippen LogP contribution in [-0.2, 0) is 11.3 Å². The van der Waals surface area contributed by atoms with Crippen molar-refractivity contribution in [2.24, 2.45) is 0 Å². The Labute approximate surface area is 118 Å². The van der Waals surface area contributed by atoms with Crippen LogP contribution in [0.2, 0.25) is 5.02 Å². The van der Waals surface area contributed by atoms with Crippen molar-refractivity contribution in [2.75, 3.05) is 25.1 Å². The number of nitrogens with one attached hydrogen (secondary N) is 1. The highest BCUT2D eigenvalue weighted by molar-refractivity contribution is 6.32. The Hall–Kier alpha value is -1.07. The van der Waals surface area contributed by atoms with Crippen LogP contribution in [0.3, 0.4) is 0 Å². The molecule has 1 N–H and O–H groups in total. The van der Waals surface area contributed by atoms with Gasteiger partial charge in [0.15, 0.2) is 0 Å². The summed E-state index contributed by atoms with van der Waals surface area (Å²) in [5.41, 5.74) is 0.318. The fourth-order valence-corrected chi connectivity index (χ4v) is 1.78. The van der Waals surface area contributed by atoms with Gasteiger partial charge < -0.3 is 10.1 Å². The first-order valence-corrected chi connectivity index (χ1v) is 7.15. The number of unbranched alkanes of at least 4 members (excludes halogenated alkanes) is 1. The fourth-order valence-electron chi connectivity index (χ4n) is 1.57. The van der Waals surface area contributed by atoms with Crippen molar-refractivity contribution in [2.45, 2.75) is 39.7 Å². The summed E-state index contributed by atoms with van der Waals surface area (Å²) >= 11 is 6.02. The van der Waals surface area contributed by atoms with E-state index in [0.717, 1.165) is 25.9 Å². The van der Waals surface area contributed by atoms with Crippen LogP contribution in [0.25, 0.3) is 0 Å². The molecule has 0 aliphatic carbocycles. The van der Waals surface area contributed by atoms with E-state index in [4.69, 9.17) is 16.3 Å². The zero-order valence-electron chi connectivity index (χ0n) is 11.6. The molecule has 1 aromatic heterocycles. The number of rotatable bonds is 9. The van der Waals surface area contributed by atoms with E-state index in [2.05, 4.69) is 17.3 Å². The topological polar surface area (TPSA) is 56.1 Å². The maximum atomic E-state index is 11.9. The van der Waals surface area contributed by atoms with Crippen LogP contribution in [0, 0.1) is 0 Å². The van der Waals surface area contributed by atoms with Gasteiger partial charge in [0.1, 0.15) is 5.02 Å². The number of halogens is 1. The van der Waals surface area contributed by atoms with Gasteiger partial charge in [-0.2, -0.15) is 5.10 Å². The van der Waals surface area contributed by atoms with Crippen LogP contribution in [0.1, 0.15) is 33.1 Å².